The molecule has 0 fully saturated rings. The average Bonchev–Trinajstić information content (AvgIpc) is 2.91. The molecule has 0 atom stereocenters. The molecule has 0 saturated carbocycles. The first-order valence-electron chi connectivity index (χ1n) is 6.53. The van der Waals surface area contributed by atoms with Gasteiger partial charge in [-0.05, 0) is 31.2 Å². The quantitative estimate of drug-likeness (QED) is 0.427. The first kappa shape index (κ1) is 15.0. The monoisotopic (exact) mass is 331 g/mol. The SMILES string of the molecule is Cc1cc([S])n2nc(COC(=O)c3ccc(O)c(O)c3)nc2n1. The summed E-state index contributed by atoms with van der Waals surface area (Å²) in [5.74, 6) is -0.806. The molecule has 0 aliphatic carbocycles. The van der Waals surface area contributed by atoms with Gasteiger partial charge in [-0.2, -0.15) is 9.50 Å². The van der Waals surface area contributed by atoms with E-state index in [2.05, 4.69) is 15.1 Å². The molecule has 0 bridgehead atoms. The van der Waals surface area contributed by atoms with Gasteiger partial charge in [0.15, 0.2) is 23.9 Å². The van der Waals surface area contributed by atoms with Crippen molar-refractivity contribution in [3.63, 3.8) is 0 Å². The third-order valence-corrected chi connectivity index (χ3v) is 3.29. The summed E-state index contributed by atoms with van der Waals surface area (Å²) < 4.78 is 6.46. The minimum atomic E-state index is -0.679. The van der Waals surface area contributed by atoms with Crippen molar-refractivity contribution in [3.8, 4) is 11.5 Å². The van der Waals surface area contributed by atoms with E-state index >= 15 is 0 Å². The zero-order chi connectivity index (χ0) is 16.6. The Kier molecular flexibility index (Phi) is 3.70. The number of esters is 1. The van der Waals surface area contributed by atoms with Crippen LogP contribution in [0, 0.1) is 6.92 Å². The molecular formula is C14H11N4O4S. The van der Waals surface area contributed by atoms with E-state index in [4.69, 9.17) is 17.4 Å². The van der Waals surface area contributed by atoms with Gasteiger partial charge in [0.25, 0.3) is 5.78 Å². The van der Waals surface area contributed by atoms with E-state index < -0.39 is 11.7 Å². The molecule has 3 rings (SSSR count). The maximum absolute atomic E-state index is 11.9. The molecule has 0 unspecified atom stereocenters. The molecule has 23 heavy (non-hydrogen) atoms. The van der Waals surface area contributed by atoms with Gasteiger partial charge < -0.3 is 14.9 Å². The average molecular weight is 331 g/mol. The lowest BCUT2D eigenvalue weighted by Gasteiger charge is -2.03. The van der Waals surface area contributed by atoms with E-state index in [0.29, 0.717) is 10.8 Å². The lowest BCUT2D eigenvalue weighted by molar-refractivity contribution is 0.0462. The lowest BCUT2D eigenvalue weighted by Crippen LogP contribution is -2.06. The Morgan fingerprint density at radius 1 is 1.26 bits per heavy atom. The normalized spacial score (nSPS) is 10.8. The van der Waals surface area contributed by atoms with Crippen LogP contribution in [-0.2, 0) is 11.3 Å². The fourth-order valence-corrected chi connectivity index (χ4v) is 2.21. The Morgan fingerprint density at radius 2 is 2.04 bits per heavy atom. The van der Waals surface area contributed by atoms with Crippen LogP contribution in [0.25, 0.3) is 5.78 Å². The van der Waals surface area contributed by atoms with Gasteiger partial charge in [-0.1, -0.05) is 12.6 Å². The van der Waals surface area contributed by atoms with Crippen molar-refractivity contribution in [1.29, 1.82) is 0 Å². The second-order valence-corrected chi connectivity index (χ2v) is 5.17. The van der Waals surface area contributed by atoms with Crippen LogP contribution in [0.4, 0.5) is 0 Å². The van der Waals surface area contributed by atoms with Crippen LogP contribution in [0.5, 0.6) is 11.5 Å². The number of carbonyl (C=O) groups excluding carboxylic acids is 1. The molecule has 8 nitrogen and oxygen atoms in total. The van der Waals surface area contributed by atoms with E-state index in [1.165, 1.54) is 16.6 Å². The predicted octanol–water partition coefficient (Wildman–Crippen LogP) is 1.76. The summed E-state index contributed by atoms with van der Waals surface area (Å²) >= 11 is 5.15. The lowest BCUT2D eigenvalue weighted by atomic mass is 10.2. The van der Waals surface area contributed by atoms with Crippen LogP contribution < -0.4 is 0 Å². The molecule has 9 heteroatoms. The molecule has 0 saturated heterocycles. The number of hydrogen-bond acceptors (Lipinski definition) is 7. The first-order valence-corrected chi connectivity index (χ1v) is 6.94. The number of hydrogen-bond donors (Lipinski definition) is 2. The van der Waals surface area contributed by atoms with Crippen LogP contribution in [0.2, 0.25) is 0 Å². The number of nitrogens with zero attached hydrogens (tertiary/aromatic N) is 4. The van der Waals surface area contributed by atoms with Crippen molar-refractivity contribution in [2.45, 2.75) is 18.6 Å². The Hall–Kier alpha value is -2.94. The summed E-state index contributed by atoms with van der Waals surface area (Å²) in [5.41, 5.74) is 0.819. The molecule has 2 heterocycles. The van der Waals surface area contributed by atoms with Crippen molar-refractivity contribution in [2.24, 2.45) is 0 Å². The number of fused-ring (bicyclic) bond motifs is 1. The Morgan fingerprint density at radius 3 is 2.78 bits per heavy atom. The predicted molar refractivity (Wildman–Crippen MR) is 80.3 cm³/mol. The topological polar surface area (TPSA) is 110 Å². The number of aromatic nitrogens is 4. The highest BCUT2D eigenvalue weighted by Gasteiger charge is 2.13. The zero-order valence-corrected chi connectivity index (χ0v) is 12.7. The Bertz CT molecular complexity index is 909. The highest BCUT2D eigenvalue weighted by atomic mass is 32.1. The molecule has 0 aliphatic heterocycles. The highest BCUT2D eigenvalue weighted by Crippen LogP contribution is 2.25. The number of ether oxygens (including phenoxy) is 1. The molecular weight excluding hydrogens is 320 g/mol. The van der Waals surface area contributed by atoms with Crippen LogP contribution in [-0.4, -0.2) is 35.8 Å². The van der Waals surface area contributed by atoms with E-state index in [9.17, 15) is 15.0 Å². The zero-order valence-electron chi connectivity index (χ0n) is 11.9. The molecule has 0 aliphatic rings. The Balaban J connectivity index is 1.76. The third kappa shape index (κ3) is 2.99. The molecule has 1 radical (unpaired) electrons. The van der Waals surface area contributed by atoms with Crippen LogP contribution in [0.3, 0.4) is 0 Å². The fourth-order valence-electron chi connectivity index (χ4n) is 1.92. The molecule has 1 aromatic carbocycles. The van der Waals surface area contributed by atoms with Crippen molar-refractivity contribution in [2.75, 3.05) is 0 Å². The molecule has 2 aromatic heterocycles. The van der Waals surface area contributed by atoms with E-state index in [0.717, 1.165) is 11.8 Å². The number of carbonyl (C=O) groups is 1. The van der Waals surface area contributed by atoms with E-state index in [1.54, 1.807) is 13.0 Å². The number of phenolic OH excluding ortho intramolecular Hbond substituents is 2. The van der Waals surface area contributed by atoms with Gasteiger partial charge in [0.1, 0.15) is 5.03 Å². The van der Waals surface area contributed by atoms with Gasteiger partial charge in [0.05, 0.1) is 5.56 Å². The summed E-state index contributed by atoms with van der Waals surface area (Å²) in [6.45, 7) is 1.62. The second-order valence-electron chi connectivity index (χ2n) is 4.76. The fraction of sp³-hybridized carbons (Fsp3) is 0.143. The van der Waals surface area contributed by atoms with Gasteiger partial charge in [0.2, 0.25) is 0 Å². The second kappa shape index (κ2) is 5.69. The van der Waals surface area contributed by atoms with Crippen molar-refractivity contribution >= 4 is 24.4 Å². The van der Waals surface area contributed by atoms with Crippen LogP contribution >= 0.6 is 12.6 Å². The number of benzene rings is 1. The van der Waals surface area contributed by atoms with Crippen molar-refractivity contribution < 1.29 is 19.7 Å². The molecule has 0 spiro atoms. The highest BCUT2D eigenvalue weighted by molar-refractivity contribution is 7.80. The maximum Gasteiger partial charge on any atom is 0.338 e. The number of aryl methyl sites for hydroxylation is 1. The maximum atomic E-state index is 11.9. The van der Waals surface area contributed by atoms with Gasteiger partial charge in [-0.15, -0.1) is 5.10 Å². The van der Waals surface area contributed by atoms with E-state index in [1.807, 2.05) is 0 Å². The minimum Gasteiger partial charge on any atom is -0.504 e. The van der Waals surface area contributed by atoms with Gasteiger partial charge in [-0.3, -0.25) is 0 Å². The van der Waals surface area contributed by atoms with Crippen LogP contribution in [0.1, 0.15) is 21.9 Å². The molecule has 3 aromatic rings. The summed E-state index contributed by atoms with van der Waals surface area (Å²) in [6.07, 6.45) is 0. The van der Waals surface area contributed by atoms with Crippen LogP contribution in [0.15, 0.2) is 29.3 Å². The summed E-state index contributed by atoms with van der Waals surface area (Å²) in [6, 6.07) is 5.33. The summed E-state index contributed by atoms with van der Waals surface area (Å²) in [4.78, 5) is 20.2. The number of aromatic hydroxyl groups is 2. The Labute approximate surface area is 135 Å². The summed E-state index contributed by atoms with van der Waals surface area (Å²) in [7, 11) is 0. The van der Waals surface area contributed by atoms with Crippen molar-refractivity contribution in [1.82, 2.24) is 19.6 Å². The van der Waals surface area contributed by atoms with E-state index in [-0.39, 0.29) is 23.7 Å². The minimum absolute atomic E-state index is 0.0991. The van der Waals surface area contributed by atoms with Gasteiger partial charge >= 0.3 is 5.97 Å². The molecule has 2 N–H and O–H groups in total. The molecule has 0 amide bonds. The number of phenols is 2. The van der Waals surface area contributed by atoms with Gasteiger partial charge in [-0.25, -0.2) is 9.78 Å². The number of rotatable bonds is 3. The third-order valence-electron chi connectivity index (χ3n) is 2.99. The largest absolute Gasteiger partial charge is 0.504 e. The standard InChI is InChI=1S/C14H11N4O4S/c1-7-4-12(23)18-14(15-7)16-11(17-18)6-22-13(21)8-2-3-9(19)10(20)5-8/h2-5,19-20H,6H2,1H3. The van der Waals surface area contributed by atoms with Crippen molar-refractivity contribution in [3.05, 3.63) is 41.3 Å². The first-order chi connectivity index (χ1) is 10.9. The summed E-state index contributed by atoms with van der Waals surface area (Å²) in [5, 5.41) is 23.2. The van der Waals surface area contributed by atoms with Gasteiger partial charge in [0, 0.05) is 5.69 Å². The molecule has 117 valence electrons. The smallest absolute Gasteiger partial charge is 0.338 e.